The van der Waals surface area contributed by atoms with Crippen molar-refractivity contribution in [1.82, 2.24) is 15.0 Å². The number of benzene rings is 4. The van der Waals surface area contributed by atoms with Crippen molar-refractivity contribution in [3.8, 4) is 23.3 Å². The van der Waals surface area contributed by atoms with Gasteiger partial charge in [-0.15, -0.1) is 10.2 Å². The maximum atomic E-state index is 12.2. The molecule has 4 aromatic carbocycles. The highest BCUT2D eigenvalue weighted by Gasteiger charge is 2.20. The van der Waals surface area contributed by atoms with Crippen LogP contribution in [0.4, 0.5) is 34.6 Å². The van der Waals surface area contributed by atoms with Crippen molar-refractivity contribution in [3.63, 3.8) is 0 Å². The summed E-state index contributed by atoms with van der Waals surface area (Å²) in [5.74, 6) is -1.65. The fourth-order valence-electron chi connectivity index (χ4n) is 4.42. The molecule has 0 fully saturated rings. The first-order valence-electron chi connectivity index (χ1n) is 14.4. The van der Waals surface area contributed by atoms with Gasteiger partial charge in [0, 0.05) is 18.4 Å². The molecular formula is C30H28N8O10S2. The average molecular weight is 725 g/mol. The summed E-state index contributed by atoms with van der Waals surface area (Å²) < 4.78 is 62.5. The Morgan fingerprint density at radius 1 is 0.940 bits per heavy atom. The van der Waals surface area contributed by atoms with Gasteiger partial charge in [-0.05, 0) is 67.3 Å². The Balaban J connectivity index is 1.57. The number of carboxylic acid groups (broad SMARTS) is 1. The summed E-state index contributed by atoms with van der Waals surface area (Å²) in [4.78, 5) is 23.2. The second kappa shape index (κ2) is 15.1. The maximum Gasteiger partial charge on any atom is 0.328 e. The van der Waals surface area contributed by atoms with E-state index in [1.807, 2.05) is 6.92 Å². The van der Waals surface area contributed by atoms with Crippen LogP contribution in [0.1, 0.15) is 18.4 Å². The van der Waals surface area contributed by atoms with E-state index in [1.54, 1.807) is 24.3 Å². The second-order valence-electron chi connectivity index (χ2n) is 10.5. The largest absolute Gasteiger partial charge is 0.506 e. The lowest BCUT2D eigenvalue weighted by atomic mass is 10.1. The summed E-state index contributed by atoms with van der Waals surface area (Å²) in [5.41, 5.74) is 0.761. The Bertz CT molecular complexity index is 2240. The molecule has 0 aliphatic heterocycles. The van der Waals surface area contributed by atoms with Crippen LogP contribution in [-0.2, 0) is 26.2 Å². The molecule has 0 aliphatic carbocycles. The van der Waals surface area contributed by atoms with Gasteiger partial charge in [0.1, 0.15) is 22.9 Å². The van der Waals surface area contributed by atoms with Crippen molar-refractivity contribution in [1.29, 1.82) is 0 Å². The predicted octanol–water partition coefficient (Wildman–Crippen LogP) is 5.77. The number of rotatable bonds is 14. The molecule has 260 valence electrons. The Hall–Kier alpha value is -5.96. The number of azo groups is 1. The monoisotopic (exact) mass is 724 g/mol. The van der Waals surface area contributed by atoms with Crippen molar-refractivity contribution in [3.05, 3.63) is 72.3 Å². The van der Waals surface area contributed by atoms with Gasteiger partial charge in [-0.2, -0.15) is 23.4 Å². The molecule has 1 heterocycles. The normalized spacial score (nSPS) is 12.1. The zero-order valence-electron chi connectivity index (χ0n) is 25.8. The first-order valence-corrected chi connectivity index (χ1v) is 16.9. The quantitative estimate of drug-likeness (QED) is 0.0222. The number of ether oxygens (including phenoxy) is 1. The lowest BCUT2D eigenvalue weighted by Gasteiger charge is -2.14. The number of fused-ring (bicyclic) bond motifs is 1. The van der Waals surface area contributed by atoms with Crippen LogP contribution in [0.5, 0.6) is 23.3 Å². The summed E-state index contributed by atoms with van der Waals surface area (Å²) in [6.07, 6.45) is 0.124. The van der Waals surface area contributed by atoms with Gasteiger partial charge >= 0.3 is 12.0 Å². The Kier molecular flexibility index (Phi) is 10.7. The molecule has 1 aromatic heterocycles. The first kappa shape index (κ1) is 35.3. The number of hydrogen-bond donors (Lipinski definition) is 8. The molecule has 0 radical (unpaired) electrons. The number of aromatic hydroxyl groups is 2. The predicted molar refractivity (Wildman–Crippen MR) is 182 cm³/mol. The molecule has 0 amide bonds. The van der Waals surface area contributed by atoms with Gasteiger partial charge in [0.2, 0.25) is 11.9 Å². The number of aryl methyl sites for hydroxylation is 1. The summed E-state index contributed by atoms with van der Waals surface area (Å²) in [7, 11) is -4.75. The average Bonchev–Trinajstić information content (AvgIpc) is 3.04. The van der Waals surface area contributed by atoms with Gasteiger partial charge in [-0.3, -0.25) is 18.6 Å². The van der Waals surface area contributed by atoms with Crippen LogP contribution >= 0.6 is 0 Å². The van der Waals surface area contributed by atoms with Crippen molar-refractivity contribution >= 4 is 72.8 Å². The molecule has 0 spiro atoms. The molecule has 18 nitrogen and oxygen atoms in total. The van der Waals surface area contributed by atoms with Gasteiger partial charge in [0.25, 0.3) is 21.4 Å². The summed E-state index contributed by atoms with van der Waals surface area (Å²) >= 11 is -2.40. The van der Waals surface area contributed by atoms with Crippen LogP contribution in [0.15, 0.2) is 81.9 Å². The van der Waals surface area contributed by atoms with E-state index < -0.39 is 38.0 Å². The summed E-state index contributed by atoms with van der Waals surface area (Å²) in [6, 6.07) is 15.4. The summed E-state index contributed by atoms with van der Waals surface area (Å²) in [6.45, 7) is 2.06. The molecule has 0 bridgehead atoms. The van der Waals surface area contributed by atoms with E-state index in [0.717, 1.165) is 17.7 Å². The van der Waals surface area contributed by atoms with E-state index in [-0.39, 0.29) is 76.6 Å². The van der Waals surface area contributed by atoms with E-state index in [2.05, 4.69) is 40.5 Å². The smallest absolute Gasteiger partial charge is 0.328 e. The van der Waals surface area contributed by atoms with Crippen LogP contribution in [0.25, 0.3) is 10.8 Å². The first-order chi connectivity index (χ1) is 23.7. The zero-order valence-corrected chi connectivity index (χ0v) is 27.4. The molecule has 0 aliphatic rings. The fraction of sp³-hybridized carbons (Fsp3) is 0.133. The Morgan fingerprint density at radius 3 is 2.36 bits per heavy atom. The third kappa shape index (κ3) is 9.14. The van der Waals surface area contributed by atoms with Gasteiger partial charge < -0.3 is 30.7 Å². The molecule has 50 heavy (non-hydrogen) atoms. The lowest BCUT2D eigenvalue weighted by Crippen LogP contribution is -2.11. The minimum Gasteiger partial charge on any atom is -0.506 e. The second-order valence-corrected chi connectivity index (χ2v) is 12.6. The van der Waals surface area contributed by atoms with Crippen LogP contribution in [0.3, 0.4) is 0 Å². The Labute approximate surface area is 286 Å². The Morgan fingerprint density at radius 2 is 1.66 bits per heavy atom. The highest BCUT2D eigenvalue weighted by Crippen LogP contribution is 2.42. The van der Waals surface area contributed by atoms with Crippen molar-refractivity contribution in [2.75, 3.05) is 21.9 Å². The molecule has 0 saturated carbocycles. The highest BCUT2D eigenvalue weighted by atomic mass is 32.2. The lowest BCUT2D eigenvalue weighted by molar-refractivity contribution is -0.137. The number of phenols is 2. The van der Waals surface area contributed by atoms with E-state index in [4.69, 9.17) is 14.4 Å². The third-order valence-corrected chi connectivity index (χ3v) is 7.97. The van der Waals surface area contributed by atoms with Crippen LogP contribution in [-0.4, -0.2) is 64.5 Å². The fourth-order valence-corrected chi connectivity index (χ4v) is 5.29. The number of carboxylic acids is 1. The zero-order chi connectivity index (χ0) is 36.0. The van der Waals surface area contributed by atoms with E-state index in [1.165, 1.54) is 30.3 Å². The van der Waals surface area contributed by atoms with Gasteiger partial charge in [0.15, 0.2) is 5.75 Å². The van der Waals surface area contributed by atoms with Gasteiger partial charge in [0.05, 0.1) is 16.3 Å². The number of aliphatic carboxylic acids is 1. The molecule has 5 aromatic rings. The molecule has 1 unspecified atom stereocenters. The molecule has 8 N–H and O–H groups in total. The maximum absolute atomic E-state index is 12.2. The van der Waals surface area contributed by atoms with Crippen LogP contribution in [0, 0.1) is 6.92 Å². The minimum absolute atomic E-state index is 0.00143. The molecule has 0 saturated heterocycles. The number of carbonyl (C=O) groups is 1. The minimum atomic E-state index is -4.75. The van der Waals surface area contributed by atoms with Crippen LogP contribution < -0.4 is 20.1 Å². The molecule has 20 heteroatoms. The SMILES string of the molecule is Cc1ccc(Oc2nc(NCCCC(=O)O)nc(Nc3cc(S(=O)(=O)O)cc4ccc(N=Nc5cc(NS(=O)O)ccc5O)c(O)c34)n2)cc1. The van der Waals surface area contributed by atoms with E-state index in [9.17, 15) is 32.2 Å². The molecule has 5 rings (SSSR count). The summed E-state index contributed by atoms with van der Waals surface area (Å²) in [5, 5.41) is 44.3. The van der Waals surface area contributed by atoms with E-state index >= 15 is 0 Å². The molecule has 1 atom stereocenters. The number of aromatic nitrogens is 3. The third-order valence-electron chi connectivity index (χ3n) is 6.73. The standard InChI is InChI=1S/C30H28N8O10S2/c1-16-4-8-19(9-5-16)48-30-34-28(31-12-2-3-25(40)41)33-29(35-30)32-23-15-20(50(45,46)47)13-17-6-10-21(27(42)26(17)23)36-37-22-14-18(38-49(43)44)7-11-24(22)39/h4-11,13-15,38-39,42H,2-3,12H2,1H3,(H,40,41)(H,43,44)(H,45,46,47)(H2,31,32,33,34,35). The van der Waals surface area contributed by atoms with Gasteiger partial charge in [-0.25, -0.2) is 4.21 Å². The van der Waals surface area contributed by atoms with Crippen molar-refractivity contribution in [2.45, 2.75) is 24.7 Å². The highest BCUT2D eigenvalue weighted by molar-refractivity contribution is 7.85. The number of hydrogen-bond acceptors (Lipinski definition) is 14. The number of anilines is 4. The molecular weight excluding hydrogens is 697 g/mol. The van der Waals surface area contributed by atoms with Crippen molar-refractivity contribution < 1.29 is 46.6 Å². The van der Waals surface area contributed by atoms with Crippen LogP contribution in [0.2, 0.25) is 0 Å². The topological polar surface area (TPSA) is 278 Å². The number of phenolic OH excluding ortho intramolecular Hbond substituents is 2. The van der Waals surface area contributed by atoms with Gasteiger partial charge in [-0.1, -0.05) is 23.8 Å². The number of nitrogens with one attached hydrogen (secondary N) is 3. The van der Waals surface area contributed by atoms with E-state index in [0.29, 0.717) is 5.75 Å². The number of nitrogens with zero attached hydrogens (tertiary/aromatic N) is 5. The van der Waals surface area contributed by atoms with Crippen molar-refractivity contribution in [2.24, 2.45) is 10.2 Å².